The maximum absolute atomic E-state index is 13.7. The molecular formula is C12H12ClF4NO. The number of hydrogen-bond acceptors (Lipinski definition) is 2. The van der Waals surface area contributed by atoms with Crippen LogP contribution in [0.15, 0.2) is 12.1 Å². The third-order valence-electron chi connectivity index (χ3n) is 2.86. The second-order valence-corrected chi connectivity index (χ2v) is 4.76. The Balaban J connectivity index is 2.25. The fraction of sp³-hybridized carbons (Fsp3) is 0.500. The summed E-state index contributed by atoms with van der Waals surface area (Å²) in [6, 6.07) is 1.19. The van der Waals surface area contributed by atoms with Gasteiger partial charge in [0.1, 0.15) is 0 Å². The summed E-state index contributed by atoms with van der Waals surface area (Å²) >= 11 is 5.47. The molecule has 0 aromatic heterocycles. The van der Waals surface area contributed by atoms with Crippen LogP contribution in [0.1, 0.15) is 24.8 Å². The Morgan fingerprint density at radius 1 is 1.11 bits per heavy atom. The molecule has 0 saturated carbocycles. The number of hydroxylamine groups is 2. The quantitative estimate of drug-likeness (QED) is 0.756. The fourth-order valence-corrected chi connectivity index (χ4v) is 2.10. The number of nitrogens with zero attached hydrogens (tertiary/aromatic N) is 1. The topological polar surface area (TPSA) is 12.5 Å². The Hall–Kier alpha value is -1.01. The van der Waals surface area contributed by atoms with E-state index >= 15 is 0 Å². The van der Waals surface area contributed by atoms with Crippen molar-refractivity contribution in [2.45, 2.75) is 25.4 Å². The first kappa shape index (κ1) is 14.4. The van der Waals surface area contributed by atoms with E-state index in [1.807, 2.05) is 0 Å². The van der Waals surface area contributed by atoms with E-state index in [1.165, 1.54) is 5.06 Å². The van der Waals surface area contributed by atoms with Crippen LogP contribution in [0.5, 0.6) is 5.75 Å². The molecule has 0 aliphatic carbocycles. The molecule has 0 radical (unpaired) electrons. The van der Waals surface area contributed by atoms with Crippen molar-refractivity contribution >= 4 is 11.6 Å². The molecule has 1 heterocycles. The smallest absolute Gasteiger partial charge is 0.403 e. The summed E-state index contributed by atoms with van der Waals surface area (Å²) in [5.74, 6) is -1.46. The molecule has 2 rings (SSSR count). The lowest BCUT2D eigenvalue weighted by atomic mass is 10.2. The van der Waals surface area contributed by atoms with Gasteiger partial charge in [-0.25, -0.2) is 4.39 Å². The highest BCUT2D eigenvalue weighted by Gasteiger charge is 2.33. The number of alkyl halides is 3. The lowest BCUT2D eigenvalue weighted by Crippen LogP contribution is -2.33. The van der Waals surface area contributed by atoms with E-state index in [0.717, 1.165) is 19.3 Å². The van der Waals surface area contributed by atoms with E-state index in [1.54, 1.807) is 0 Å². The SMILES string of the molecule is Fc1c(Cl)cc(C(F)(F)F)cc1ON1CCCCC1. The van der Waals surface area contributed by atoms with Gasteiger partial charge in [0.05, 0.1) is 10.6 Å². The molecule has 106 valence electrons. The van der Waals surface area contributed by atoms with Gasteiger partial charge < -0.3 is 4.84 Å². The van der Waals surface area contributed by atoms with Crippen molar-refractivity contribution in [3.8, 4) is 5.75 Å². The Bertz CT molecular complexity index is 458. The second-order valence-electron chi connectivity index (χ2n) is 4.35. The molecule has 19 heavy (non-hydrogen) atoms. The molecule has 1 fully saturated rings. The number of benzene rings is 1. The Labute approximate surface area is 112 Å². The zero-order valence-electron chi connectivity index (χ0n) is 9.94. The summed E-state index contributed by atoms with van der Waals surface area (Å²) in [5.41, 5.74) is -1.02. The average molecular weight is 298 g/mol. The summed E-state index contributed by atoms with van der Waals surface area (Å²) < 4.78 is 51.5. The number of hydrogen-bond donors (Lipinski definition) is 0. The van der Waals surface area contributed by atoms with E-state index in [2.05, 4.69) is 0 Å². The minimum atomic E-state index is -4.59. The highest BCUT2D eigenvalue weighted by molar-refractivity contribution is 6.31. The van der Waals surface area contributed by atoms with E-state index in [0.29, 0.717) is 25.2 Å². The van der Waals surface area contributed by atoms with Crippen molar-refractivity contribution in [2.75, 3.05) is 13.1 Å². The number of piperidine rings is 1. The van der Waals surface area contributed by atoms with Crippen LogP contribution in [0.3, 0.4) is 0 Å². The highest BCUT2D eigenvalue weighted by atomic mass is 35.5. The summed E-state index contributed by atoms with van der Waals surface area (Å²) in [4.78, 5) is 5.18. The maximum Gasteiger partial charge on any atom is 0.416 e. The van der Waals surface area contributed by atoms with Crippen molar-refractivity contribution in [3.63, 3.8) is 0 Å². The molecule has 2 nitrogen and oxygen atoms in total. The monoisotopic (exact) mass is 297 g/mol. The predicted octanol–water partition coefficient (Wildman–Crippen LogP) is 4.28. The molecular weight excluding hydrogens is 286 g/mol. The summed E-state index contributed by atoms with van der Waals surface area (Å²) in [7, 11) is 0. The summed E-state index contributed by atoms with van der Waals surface area (Å²) in [6.07, 6.45) is -1.81. The van der Waals surface area contributed by atoms with Crippen LogP contribution in [0, 0.1) is 5.82 Å². The molecule has 1 saturated heterocycles. The van der Waals surface area contributed by atoms with Crippen LogP contribution in [0.25, 0.3) is 0 Å². The number of rotatable bonds is 2. The van der Waals surface area contributed by atoms with Crippen LogP contribution >= 0.6 is 11.6 Å². The van der Waals surface area contributed by atoms with Gasteiger partial charge in [0.2, 0.25) is 0 Å². The largest absolute Gasteiger partial charge is 0.416 e. The fourth-order valence-electron chi connectivity index (χ4n) is 1.89. The first-order chi connectivity index (χ1) is 8.88. The van der Waals surface area contributed by atoms with Gasteiger partial charge in [0.25, 0.3) is 0 Å². The van der Waals surface area contributed by atoms with Gasteiger partial charge in [-0.05, 0) is 25.0 Å². The molecule has 1 aliphatic heterocycles. The number of halogens is 5. The van der Waals surface area contributed by atoms with E-state index in [4.69, 9.17) is 16.4 Å². The maximum atomic E-state index is 13.7. The van der Waals surface area contributed by atoms with E-state index in [-0.39, 0.29) is 0 Å². The third-order valence-corrected chi connectivity index (χ3v) is 3.14. The van der Waals surface area contributed by atoms with Crippen LogP contribution in [0.4, 0.5) is 17.6 Å². The zero-order chi connectivity index (χ0) is 14.0. The normalized spacial score (nSPS) is 17.5. The van der Waals surface area contributed by atoms with Gasteiger partial charge in [-0.2, -0.15) is 13.2 Å². The zero-order valence-corrected chi connectivity index (χ0v) is 10.7. The molecule has 0 atom stereocenters. The molecule has 1 aromatic rings. The van der Waals surface area contributed by atoms with E-state index in [9.17, 15) is 17.6 Å². The molecule has 1 aromatic carbocycles. The van der Waals surface area contributed by atoms with Crippen molar-refractivity contribution in [3.05, 3.63) is 28.5 Å². The molecule has 0 spiro atoms. The van der Waals surface area contributed by atoms with Crippen LogP contribution < -0.4 is 4.84 Å². The average Bonchev–Trinajstić information content (AvgIpc) is 2.34. The molecule has 0 amide bonds. The van der Waals surface area contributed by atoms with Crippen molar-refractivity contribution in [1.29, 1.82) is 0 Å². The molecule has 0 bridgehead atoms. The second kappa shape index (κ2) is 5.54. The lowest BCUT2D eigenvalue weighted by molar-refractivity contribution is -0.138. The summed E-state index contributed by atoms with van der Waals surface area (Å²) in [6.45, 7) is 1.13. The Morgan fingerprint density at radius 3 is 2.32 bits per heavy atom. The molecule has 0 N–H and O–H groups in total. The Kier molecular flexibility index (Phi) is 4.20. The predicted molar refractivity (Wildman–Crippen MR) is 62.5 cm³/mol. The molecule has 1 aliphatic rings. The summed E-state index contributed by atoms with van der Waals surface area (Å²) in [5, 5.41) is 0.861. The van der Waals surface area contributed by atoms with Crippen molar-refractivity contribution in [1.82, 2.24) is 5.06 Å². The van der Waals surface area contributed by atoms with Crippen LogP contribution in [-0.4, -0.2) is 18.2 Å². The molecule has 7 heteroatoms. The lowest BCUT2D eigenvalue weighted by Gasteiger charge is -2.26. The standard InChI is InChI=1S/C12H12ClF4NO/c13-9-6-8(12(15,16)17)7-10(11(9)14)19-18-4-2-1-3-5-18/h6-7H,1-5H2. The van der Waals surface area contributed by atoms with Gasteiger partial charge >= 0.3 is 6.18 Å². The van der Waals surface area contributed by atoms with Crippen LogP contribution in [0.2, 0.25) is 5.02 Å². The van der Waals surface area contributed by atoms with E-state index < -0.39 is 28.3 Å². The first-order valence-electron chi connectivity index (χ1n) is 5.87. The Morgan fingerprint density at radius 2 is 1.74 bits per heavy atom. The highest BCUT2D eigenvalue weighted by Crippen LogP contribution is 2.36. The van der Waals surface area contributed by atoms with Gasteiger partial charge in [-0.3, -0.25) is 0 Å². The minimum Gasteiger partial charge on any atom is -0.403 e. The van der Waals surface area contributed by atoms with Crippen molar-refractivity contribution < 1.29 is 22.4 Å². The van der Waals surface area contributed by atoms with Gasteiger partial charge in [0, 0.05) is 13.1 Å². The third kappa shape index (κ3) is 3.51. The molecule has 0 unspecified atom stereocenters. The van der Waals surface area contributed by atoms with Gasteiger partial charge in [0.15, 0.2) is 11.6 Å². The van der Waals surface area contributed by atoms with Gasteiger partial charge in [-0.1, -0.05) is 18.0 Å². The van der Waals surface area contributed by atoms with Gasteiger partial charge in [-0.15, -0.1) is 5.06 Å². The van der Waals surface area contributed by atoms with Crippen molar-refractivity contribution in [2.24, 2.45) is 0 Å². The minimum absolute atomic E-state index is 0.485. The first-order valence-corrected chi connectivity index (χ1v) is 6.25. The van der Waals surface area contributed by atoms with Crippen LogP contribution in [-0.2, 0) is 6.18 Å².